The van der Waals surface area contributed by atoms with Crippen molar-refractivity contribution < 1.29 is 17.7 Å². The van der Waals surface area contributed by atoms with Crippen molar-refractivity contribution in [3.63, 3.8) is 0 Å². The Labute approximate surface area is 618 Å². The molecule has 22 rings (SSSR count). The van der Waals surface area contributed by atoms with Gasteiger partial charge in [0, 0.05) is 76.5 Å². The average Bonchev–Trinajstić information content (AvgIpc) is 1.65. The molecule has 8 heteroatoms. The molecule has 0 radical (unpaired) electrons. The van der Waals surface area contributed by atoms with Gasteiger partial charge in [0.2, 0.25) is 0 Å². The SMILES string of the molecule is c1ccc(-c2ccc3ccccc3c2-c2ccccc2-c2nc(-c3cccc4c3oc3ccccc34)cc(-c3cccc4c3oc3ccc(-c5cccc6oc7c(-c8cc(-c9cccc%10c9oc9ccccc9%10)nc(-c9ccccc9-c9ccc(-c%10ccccc%10)c%10ccccc9%10)n8)cccc7c56)cc34)n2)cc1. The molecule has 6 aromatic heterocycles. The molecule has 6 heterocycles. The zero-order valence-corrected chi connectivity index (χ0v) is 57.9. The second-order valence-electron chi connectivity index (χ2n) is 27.7. The molecule has 0 amide bonds. The van der Waals surface area contributed by atoms with E-state index in [2.05, 4.69) is 328 Å². The van der Waals surface area contributed by atoms with Crippen molar-refractivity contribution in [3.05, 3.63) is 352 Å². The van der Waals surface area contributed by atoms with E-state index < -0.39 is 0 Å². The van der Waals surface area contributed by atoms with Crippen LogP contribution in [-0.4, -0.2) is 19.9 Å². The summed E-state index contributed by atoms with van der Waals surface area (Å²) in [6.07, 6.45) is 0. The highest BCUT2D eigenvalue weighted by molar-refractivity contribution is 6.19. The van der Waals surface area contributed by atoms with Crippen molar-refractivity contribution in [2.24, 2.45) is 0 Å². The Balaban J connectivity index is 0.698. The normalized spacial score (nSPS) is 11.9. The summed E-state index contributed by atoms with van der Waals surface area (Å²) in [7, 11) is 0. The summed E-state index contributed by atoms with van der Waals surface area (Å²) >= 11 is 0. The van der Waals surface area contributed by atoms with E-state index in [1.807, 2.05) is 24.3 Å². The Morgan fingerprint density at radius 2 is 0.546 bits per heavy atom. The first kappa shape index (κ1) is 60.9. The highest BCUT2D eigenvalue weighted by Gasteiger charge is 2.27. The quantitative estimate of drug-likeness (QED) is 0.126. The molecule has 0 atom stereocenters. The van der Waals surface area contributed by atoms with Crippen molar-refractivity contribution in [2.45, 2.75) is 0 Å². The maximum atomic E-state index is 7.18. The number of rotatable bonds is 11. The molecule has 502 valence electrons. The van der Waals surface area contributed by atoms with Crippen molar-refractivity contribution in [1.82, 2.24) is 19.9 Å². The third-order valence-electron chi connectivity index (χ3n) is 21.6. The maximum Gasteiger partial charge on any atom is 0.161 e. The second-order valence-corrected chi connectivity index (χ2v) is 27.7. The second kappa shape index (κ2) is 24.5. The first-order valence-corrected chi connectivity index (χ1v) is 36.4. The Morgan fingerprint density at radius 3 is 1.13 bits per heavy atom. The zero-order chi connectivity index (χ0) is 70.9. The maximum absolute atomic E-state index is 7.18. The number of hydrogen-bond acceptors (Lipinski definition) is 8. The van der Waals surface area contributed by atoms with E-state index in [4.69, 9.17) is 37.6 Å². The lowest BCUT2D eigenvalue weighted by Crippen LogP contribution is -1.98. The van der Waals surface area contributed by atoms with Gasteiger partial charge in [0.15, 0.2) is 11.6 Å². The number of para-hydroxylation sites is 6. The van der Waals surface area contributed by atoms with E-state index in [-0.39, 0.29) is 0 Å². The molecule has 0 N–H and O–H groups in total. The molecule has 0 fully saturated rings. The molecule has 0 spiro atoms. The van der Waals surface area contributed by atoms with Crippen LogP contribution in [0, 0.1) is 0 Å². The summed E-state index contributed by atoms with van der Waals surface area (Å²) in [5, 5.41) is 12.5. The number of benzene rings is 16. The van der Waals surface area contributed by atoms with Crippen molar-refractivity contribution in [1.29, 1.82) is 0 Å². The number of furan rings is 4. The van der Waals surface area contributed by atoms with Crippen LogP contribution >= 0.6 is 0 Å². The Hall–Kier alpha value is -14.6. The lowest BCUT2D eigenvalue weighted by atomic mass is 9.87. The highest BCUT2D eigenvalue weighted by atomic mass is 16.3. The molecule has 0 unspecified atom stereocenters. The number of nitrogens with zero attached hydrogens (tertiary/aromatic N) is 4. The van der Waals surface area contributed by atoms with Gasteiger partial charge >= 0.3 is 0 Å². The highest BCUT2D eigenvalue weighted by Crippen LogP contribution is 2.49. The third kappa shape index (κ3) is 9.78. The average molecular weight is 1380 g/mol. The molecule has 16 aromatic carbocycles. The Kier molecular flexibility index (Phi) is 13.8. The van der Waals surface area contributed by atoms with Gasteiger partial charge in [0.1, 0.15) is 44.7 Å². The van der Waals surface area contributed by atoms with Crippen LogP contribution in [0.25, 0.3) is 233 Å². The summed E-state index contributed by atoms with van der Waals surface area (Å²) in [6, 6.07) is 123. The van der Waals surface area contributed by atoms with Gasteiger partial charge in [-0.05, 0) is 144 Å². The van der Waals surface area contributed by atoms with Gasteiger partial charge < -0.3 is 17.7 Å². The third-order valence-corrected chi connectivity index (χ3v) is 21.6. The minimum atomic E-state index is 0.568. The first-order chi connectivity index (χ1) is 53.5. The van der Waals surface area contributed by atoms with Crippen LogP contribution in [0.2, 0.25) is 0 Å². The molecular weight excluding hydrogens is 1320 g/mol. The summed E-state index contributed by atoms with van der Waals surface area (Å²) in [6.45, 7) is 0. The van der Waals surface area contributed by atoms with E-state index in [1.165, 1.54) is 5.56 Å². The van der Waals surface area contributed by atoms with E-state index in [1.54, 1.807) is 0 Å². The van der Waals surface area contributed by atoms with E-state index >= 15 is 0 Å². The fraction of sp³-hybridized carbons (Fsp3) is 0. The van der Waals surface area contributed by atoms with Crippen molar-refractivity contribution >= 4 is 109 Å². The van der Waals surface area contributed by atoms with Crippen LogP contribution in [0.15, 0.2) is 370 Å². The zero-order valence-electron chi connectivity index (χ0n) is 57.9. The minimum Gasteiger partial charge on any atom is -0.455 e. The molecule has 0 aliphatic heterocycles. The van der Waals surface area contributed by atoms with Crippen LogP contribution in [0.5, 0.6) is 0 Å². The number of aromatic nitrogens is 4. The molecule has 0 saturated heterocycles. The summed E-state index contributed by atoms with van der Waals surface area (Å²) < 4.78 is 27.8. The Bertz CT molecular complexity index is 7450. The first-order valence-electron chi connectivity index (χ1n) is 36.4. The van der Waals surface area contributed by atoms with Crippen LogP contribution in [0.4, 0.5) is 0 Å². The van der Waals surface area contributed by atoms with E-state index in [9.17, 15) is 0 Å². The molecule has 22 aromatic rings. The van der Waals surface area contributed by atoms with Crippen molar-refractivity contribution in [2.75, 3.05) is 0 Å². The van der Waals surface area contributed by atoms with Gasteiger partial charge in [-0.3, -0.25) is 0 Å². The van der Waals surface area contributed by atoms with Gasteiger partial charge in [0.25, 0.3) is 0 Å². The van der Waals surface area contributed by atoms with Crippen LogP contribution in [-0.2, 0) is 0 Å². The van der Waals surface area contributed by atoms with Gasteiger partial charge in [-0.1, -0.05) is 285 Å². The molecule has 108 heavy (non-hydrogen) atoms. The van der Waals surface area contributed by atoms with Gasteiger partial charge in [-0.2, -0.15) is 0 Å². The van der Waals surface area contributed by atoms with E-state index in [0.29, 0.717) is 34.2 Å². The van der Waals surface area contributed by atoms with Crippen molar-refractivity contribution in [3.8, 4) is 123 Å². The summed E-state index contributed by atoms with van der Waals surface area (Å²) in [4.78, 5) is 22.4. The largest absolute Gasteiger partial charge is 0.455 e. The number of fused-ring (bicyclic) bond motifs is 14. The summed E-state index contributed by atoms with van der Waals surface area (Å²) in [5.74, 6) is 1.14. The number of hydrogen-bond donors (Lipinski definition) is 0. The van der Waals surface area contributed by atoms with Crippen LogP contribution in [0.3, 0.4) is 0 Å². The van der Waals surface area contributed by atoms with Gasteiger partial charge in [-0.15, -0.1) is 0 Å². The topological polar surface area (TPSA) is 104 Å². The van der Waals surface area contributed by atoms with Gasteiger partial charge in [-0.25, -0.2) is 19.9 Å². The predicted octanol–water partition coefficient (Wildman–Crippen LogP) is 27.5. The fourth-order valence-electron chi connectivity index (χ4n) is 16.7. The molecule has 0 saturated carbocycles. The predicted molar refractivity (Wildman–Crippen MR) is 442 cm³/mol. The smallest absolute Gasteiger partial charge is 0.161 e. The molecule has 0 bridgehead atoms. The molecule has 0 aliphatic carbocycles. The lowest BCUT2D eigenvalue weighted by Gasteiger charge is -2.18. The van der Waals surface area contributed by atoms with Crippen LogP contribution < -0.4 is 0 Å². The minimum absolute atomic E-state index is 0.568. The lowest BCUT2D eigenvalue weighted by molar-refractivity contribution is 0.669. The van der Waals surface area contributed by atoms with Crippen LogP contribution in [0.1, 0.15) is 0 Å². The fourth-order valence-corrected chi connectivity index (χ4v) is 16.7. The standard InChI is InChI=1S/C100H58N4O4/c1-3-24-59(25-4-1)63-53-54-70(68-31-10-9-30-67(63)68)69-32-11-13-36-77(69)99-101-85(79-42-19-39-74-71-33-15-17-47-89(71)105-95(74)79)58-88(102-99)82-45-22-46-83-94-65(38-23-49-92(94)108-98(82)83)62-51-55-91-84(56-62)76-41-21-44-81(97(76)107-91)87-57-86(80-43-20-40-75-72-34-16-18-48-90(72)106-96(75)80)103-100(104-87)78-37-14-12-35-73(78)93-64-29-8-7-28-61(64)50-52-66(93)60-26-5-2-6-27-60/h1-58H. The van der Waals surface area contributed by atoms with Gasteiger partial charge in [0.05, 0.1) is 22.8 Å². The molecule has 0 aliphatic rings. The molecule has 8 nitrogen and oxygen atoms in total. The molecular formula is C100H58N4O4. The Morgan fingerprint density at radius 1 is 0.176 bits per heavy atom. The van der Waals surface area contributed by atoms with E-state index in [0.717, 1.165) is 193 Å². The monoisotopic (exact) mass is 1380 g/mol. The summed E-state index contributed by atoms with van der Waals surface area (Å²) in [5.41, 5.74) is 24.9.